The molecule has 0 bridgehead atoms. The van der Waals surface area contributed by atoms with Crippen LogP contribution in [-0.2, 0) is 9.53 Å². The summed E-state index contributed by atoms with van der Waals surface area (Å²) < 4.78 is 5.12. The summed E-state index contributed by atoms with van der Waals surface area (Å²) in [6, 6.07) is 0. The number of piperidine rings is 1. The van der Waals surface area contributed by atoms with Crippen LogP contribution >= 0.6 is 0 Å². The third-order valence-corrected chi connectivity index (χ3v) is 4.33. The summed E-state index contributed by atoms with van der Waals surface area (Å²) in [5.41, 5.74) is 6.38. The lowest BCUT2D eigenvalue weighted by Gasteiger charge is -2.37. The van der Waals surface area contributed by atoms with Crippen LogP contribution in [0.25, 0.3) is 0 Å². The van der Waals surface area contributed by atoms with Gasteiger partial charge in [-0.2, -0.15) is 0 Å². The van der Waals surface area contributed by atoms with Crippen molar-refractivity contribution in [2.45, 2.75) is 40.0 Å². The molecule has 1 rings (SSSR count). The van der Waals surface area contributed by atoms with Gasteiger partial charge in [-0.15, -0.1) is 0 Å². The van der Waals surface area contributed by atoms with Crippen LogP contribution in [0.15, 0.2) is 49.1 Å². The molecule has 0 aliphatic carbocycles. The van der Waals surface area contributed by atoms with Crippen molar-refractivity contribution in [3.8, 4) is 0 Å². The molecule has 1 fully saturated rings. The molecule has 2 N–H and O–H groups in total. The Kier molecular flexibility index (Phi) is 12.7. The second kappa shape index (κ2) is 13.6. The predicted octanol–water partition coefficient (Wildman–Crippen LogP) is 3.86. The molecule has 0 saturated carbocycles. The summed E-state index contributed by atoms with van der Waals surface area (Å²) in [4.78, 5) is 14.2. The second-order valence-electron chi connectivity index (χ2n) is 6.50. The van der Waals surface area contributed by atoms with E-state index in [1.54, 1.807) is 6.08 Å². The fourth-order valence-corrected chi connectivity index (χ4v) is 2.45. The van der Waals surface area contributed by atoms with E-state index < -0.39 is 0 Å². The van der Waals surface area contributed by atoms with Crippen LogP contribution in [0.5, 0.6) is 0 Å². The normalized spacial score (nSPS) is 17.5. The molecule has 1 aliphatic rings. The van der Waals surface area contributed by atoms with Gasteiger partial charge in [-0.05, 0) is 66.2 Å². The Hall–Kier alpha value is -1.65. The molecule has 4 nitrogen and oxygen atoms in total. The fourth-order valence-electron chi connectivity index (χ4n) is 2.45. The zero-order valence-corrected chi connectivity index (χ0v) is 16.3. The van der Waals surface area contributed by atoms with Crippen molar-refractivity contribution in [2.24, 2.45) is 11.1 Å². The van der Waals surface area contributed by atoms with Gasteiger partial charge in [-0.25, -0.2) is 0 Å². The Morgan fingerprint density at radius 1 is 1.28 bits per heavy atom. The molecule has 0 radical (unpaired) electrons. The highest BCUT2D eigenvalue weighted by molar-refractivity contribution is 5.76. The van der Waals surface area contributed by atoms with Gasteiger partial charge >= 0.3 is 5.97 Å². The number of carbonyl (C=O) groups is 1. The number of hydrogen-bond donors (Lipinski definition) is 1. The van der Waals surface area contributed by atoms with Crippen molar-refractivity contribution in [1.29, 1.82) is 0 Å². The van der Waals surface area contributed by atoms with E-state index in [9.17, 15) is 4.79 Å². The number of likely N-dealkylation sites (tertiary alicyclic amines) is 1. The first kappa shape index (κ1) is 23.4. The van der Waals surface area contributed by atoms with E-state index in [-0.39, 0.29) is 11.4 Å². The predicted molar refractivity (Wildman–Crippen MR) is 107 cm³/mol. The molecule has 0 spiro atoms. The van der Waals surface area contributed by atoms with Crippen molar-refractivity contribution in [1.82, 2.24) is 4.90 Å². The highest BCUT2D eigenvalue weighted by Gasteiger charge is 2.37. The standard InChI is InChI=1S/C12H24N2O2.C9H12/c1-3-16-11(15)12(2)5-9-14(10-6-12)8-4-7-13;1-4-6-7-8-9(3)5-2/h3-10,13H2,1-2H3;4-8H,1-2H2,3H3/b;7-6-,9-8-. The number of nitrogens with two attached hydrogens (primary N) is 1. The first-order valence-corrected chi connectivity index (χ1v) is 9.11. The van der Waals surface area contributed by atoms with Crippen molar-refractivity contribution < 1.29 is 9.53 Å². The summed E-state index contributed by atoms with van der Waals surface area (Å²) in [6.07, 6.45) is 12.2. The highest BCUT2D eigenvalue weighted by atomic mass is 16.5. The second-order valence-corrected chi connectivity index (χ2v) is 6.50. The number of rotatable bonds is 8. The van der Waals surface area contributed by atoms with Crippen molar-refractivity contribution in [2.75, 3.05) is 32.8 Å². The van der Waals surface area contributed by atoms with Crippen molar-refractivity contribution in [3.63, 3.8) is 0 Å². The first-order valence-electron chi connectivity index (χ1n) is 9.11. The summed E-state index contributed by atoms with van der Waals surface area (Å²) in [5.74, 6) is -0.0338. The smallest absolute Gasteiger partial charge is 0.311 e. The number of esters is 1. The van der Waals surface area contributed by atoms with Gasteiger partial charge < -0.3 is 15.4 Å². The maximum Gasteiger partial charge on any atom is 0.311 e. The Bertz CT molecular complexity index is 459. The minimum Gasteiger partial charge on any atom is -0.466 e. The molecule has 1 saturated heterocycles. The lowest BCUT2D eigenvalue weighted by atomic mass is 9.80. The number of ether oxygens (including phenoxy) is 1. The summed E-state index contributed by atoms with van der Waals surface area (Å²) in [5, 5.41) is 0. The highest BCUT2D eigenvalue weighted by Crippen LogP contribution is 2.32. The Morgan fingerprint density at radius 3 is 2.40 bits per heavy atom. The minimum absolute atomic E-state index is 0.0338. The van der Waals surface area contributed by atoms with Crippen LogP contribution in [0.4, 0.5) is 0 Å². The molecule has 142 valence electrons. The molecule has 0 amide bonds. The lowest BCUT2D eigenvalue weighted by molar-refractivity contribution is -0.157. The molecule has 4 heteroatoms. The minimum atomic E-state index is -0.269. The van der Waals surface area contributed by atoms with Crippen LogP contribution in [0, 0.1) is 5.41 Å². The third-order valence-electron chi connectivity index (χ3n) is 4.33. The average Bonchev–Trinajstić information content (AvgIpc) is 2.62. The van der Waals surface area contributed by atoms with E-state index in [0.717, 1.165) is 51.0 Å². The van der Waals surface area contributed by atoms with Gasteiger partial charge in [0.2, 0.25) is 0 Å². The molecular formula is C21H36N2O2. The van der Waals surface area contributed by atoms with Gasteiger partial charge in [0.15, 0.2) is 0 Å². The maximum absolute atomic E-state index is 11.8. The van der Waals surface area contributed by atoms with Crippen LogP contribution < -0.4 is 5.73 Å². The van der Waals surface area contributed by atoms with E-state index >= 15 is 0 Å². The number of carbonyl (C=O) groups excluding carboxylic acids is 1. The van der Waals surface area contributed by atoms with Crippen LogP contribution in [0.3, 0.4) is 0 Å². The monoisotopic (exact) mass is 348 g/mol. The third kappa shape index (κ3) is 10.0. The first-order chi connectivity index (χ1) is 11.9. The number of allylic oxidation sites excluding steroid dienone is 6. The molecule has 1 aliphatic heterocycles. The molecule has 1 heterocycles. The molecule has 0 aromatic heterocycles. The number of hydrogen-bond acceptors (Lipinski definition) is 4. The molecular weight excluding hydrogens is 312 g/mol. The molecule has 0 aromatic rings. The fraction of sp³-hybridized carbons (Fsp3) is 0.571. The molecule has 0 aromatic carbocycles. The zero-order valence-electron chi connectivity index (χ0n) is 16.3. The van der Waals surface area contributed by atoms with Gasteiger partial charge in [-0.1, -0.05) is 49.1 Å². The van der Waals surface area contributed by atoms with Crippen LogP contribution in [0.1, 0.15) is 40.0 Å². The van der Waals surface area contributed by atoms with Crippen LogP contribution in [-0.4, -0.2) is 43.7 Å². The van der Waals surface area contributed by atoms with E-state index in [2.05, 4.69) is 18.1 Å². The van der Waals surface area contributed by atoms with Gasteiger partial charge in [-0.3, -0.25) is 4.79 Å². The topological polar surface area (TPSA) is 55.6 Å². The van der Waals surface area contributed by atoms with E-state index in [1.807, 2.05) is 45.1 Å². The molecule has 0 unspecified atom stereocenters. The summed E-state index contributed by atoms with van der Waals surface area (Å²) in [6.45, 7) is 17.3. The Labute approximate surface area is 154 Å². The van der Waals surface area contributed by atoms with Gasteiger partial charge in [0.1, 0.15) is 0 Å². The Morgan fingerprint density at radius 2 is 1.92 bits per heavy atom. The maximum atomic E-state index is 11.8. The van der Waals surface area contributed by atoms with Crippen LogP contribution in [0.2, 0.25) is 0 Å². The Balaban J connectivity index is 0.000000547. The zero-order chi connectivity index (χ0) is 19.1. The quantitative estimate of drug-likeness (QED) is 0.534. The van der Waals surface area contributed by atoms with Crippen molar-refractivity contribution in [3.05, 3.63) is 49.1 Å². The summed E-state index contributed by atoms with van der Waals surface area (Å²) in [7, 11) is 0. The largest absolute Gasteiger partial charge is 0.466 e. The van der Waals surface area contributed by atoms with Gasteiger partial charge in [0.05, 0.1) is 12.0 Å². The number of nitrogens with zero attached hydrogens (tertiary/aromatic N) is 1. The summed E-state index contributed by atoms with van der Waals surface area (Å²) >= 11 is 0. The van der Waals surface area contributed by atoms with Gasteiger partial charge in [0, 0.05) is 0 Å². The SMILES string of the molecule is C=C/C=C\C=C(\C)C=C.CCOC(=O)C1(C)CCN(CCCN)CC1. The van der Waals surface area contributed by atoms with Crippen molar-refractivity contribution >= 4 is 5.97 Å². The van der Waals surface area contributed by atoms with E-state index in [1.165, 1.54) is 0 Å². The molecule has 0 atom stereocenters. The van der Waals surface area contributed by atoms with E-state index in [4.69, 9.17) is 10.5 Å². The van der Waals surface area contributed by atoms with Gasteiger partial charge in [0.25, 0.3) is 0 Å². The average molecular weight is 349 g/mol. The van der Waals surface area contributed by atoms with E-state index in [0.29, 0.717) is 6.61 Å². The molecule has 25 heavy (non-hydrogen) atoms. The lowest BCUT2D eigenvalue weighted by Crippen LogP contribution is -2.43.